The lowest BCUT2D eigenvalue weighted by molar-refractivity contribution is 0.476. The summed E-state index contributed by atoms with van der Waals surface area (Å²) in [6.07, 6.45) is 0. The Morgan fingerprint density at radius 2 is 1.32 bits per heavy atom. The van der Waals surface area contributed by atoms with E-state index in [1.165, 1.54) is 33.2 Å². The smallest absolute Gasteiger partial charge is 0.126 e. The summed E-state index contributed by atoms with van der Waals surface area (Å²) in [5, 5.41) is 13.0. The van der Waals surface area contributed by atoms with Gasteiger partial charge in [0.25, 0.3) is 0 Å². The van der Waals surface area contributed by atoms with Crippen LogP contribution in [0.4, 0.5) is 0 Å². The Kier molecular flexibility index (Phi) is 2.98. The highest BCUT2D eigenvalue weighted by atomic mass is 16.3. The van der Waals surface area contributed by atoms with Gasteiger partial charge in [-0.05, 0) is 88.8 Å². The number of phenols is 1. The average Bonchev–Trinajstić information content (AvgIpc) is 2.40. The van der Waals surface area contributed by atoms with E-state index in [-0.39, 0.29) is 5.54 Å². The van der Waals surface area contributed by atoms with Crippen molar-refractivity contribution in [3.63, 3.8) is 0 Å². The van der Waals surface area contributed by atoms with Gasteiger partial charge in [0.05, 0.1) is 5.54 Å². The van der Waals surface area contributed by atoms with Crippen molar-refractivity contribution in [2.45, 2.75) is 60.9 Å². The molecule has 0 aromatic heterocycles. The Morgan fingerprint density at radius 3 is 1.91 bits per heavy atom. The lowest BCUT2D eigenvalue weighted by Gasteiger charge is -2.34. The van der Waals surface area contributed by atoms with E-state index in [0.717, 1.165) is 22.2 Å². The minimum absolute atomic E-state index is 0.258. The van der Waals surface area contributed by atoms with Crippen molar-refractivity contribution < 1.29 is 5.11 Å². The minimum atomic E-state index is -0.258. The van der Waals surface area contributed by atoms with Crippen LogP contribution >= 0.6 is 0 Å². The Bertz CT molecular complexity index is 862. The first kappa shape index (κ1) is 15.1. The predicted octanol–water partition coefficient (Wildman–Crippen LogP) is 5.15. The monoisotopic (exact) mass is 295 g/mol. The van der Waals surface area contributed by atoms with Gasteiger partial charge in [-0.25, -0.2) is 0 Å². The number of hydrogen-bond acceptors (Lipinski definition) is 2. The predicted molar refractivity (Wildman–Crippen MR) is 94.5 cm³/mol. The third kappa shape index (κ3) is 1.64. The summed E-state index contributed by atoms with van der Waals surface area (Å²) in [7, 11) is 0. The largest absolute Gasteiger partial charge is 0.507 e. The van der Waals surface area contributed by atoms with Gasteiger partial charge in [-0.15, -0.1) is 0 Å². The van der Waals surface area contributed by atoms with Crippen molar-refractivity contribution in [3.05, 3.63) is 38.9 Å². The fourth-order valence-corrected chi connectivity index (χ4v) is 4.19. The average molecular weight is 295 g/mol. The Labute approximate surface area is 132 Å². The molecule has 1 aliphatic rings. The van der Waals surface area contributed by atoms with Crippen molar-refractivity contribution in [3.8, 4) is 5.75 Å². The van der Waals surface area contributed by atoms with Gasteiger partial charge < -0.3 is 5.11 Å². The zero-order valence-electron chi connectivity index (χ0n) is 14.9. The third-order valence-corrected chi connectivity index (χ3v) is 5.58. The number of aliphatic imine (C=N–C) groups is 1. The van der Waals surface area contributed by atoms with Crippen LogP contribution in [-0.4, -0.2) is 10.8 Å². The molecule has 2 aromatic carbocycles. The highest BCUT2D eigenvalue weighted by Gasteiger charge is 2.34. The van der Waals surface area contributed by atoms with Crippen LogP contribution in [0.3, 0.4) is 0 Å². The number of aromatic hydroxyl groups is 1. The summed E-state index contributed by atoms with van der Waals surface area (Å²) in [5.41, 5.74) is 9.15. The number of hydrogen-bond donors (Lipinski definition) is 1. The Morgan fingerprint density at radius 1 is 0.727 bits per heavy atom. The molecule has 2 heteroatoms. The molecule has 0 radical (unpaired) electrons. The van der Waals surface area contributed by atoms with Crippen molar-refractivity contribution in [1.82, 2.24) is 0 Å². The summed E-state index contributed by atoms with van der Waals surface area (Å²) in [5.74, 6) is 0.434. The van der Waals surface area contributed by atoms with Gasteiger partial charge in [0.2, 0.25) is 0 Å². The number of aryl methyl sites for hydroxylation is 1. The molecule has 22 heavy (non-hydrogen) atoms. The van der Waals surface area contributed by atoms with Crippen LogP contribution < -0.4 is 0 Å². The molecule has 0 atom stereocenters. The van der Waals surface area contributed by atoms with E-state index in [1.807, 2.05) is 6.92 Å². The van der Waals surface area contributed by atoms with Gasteiger partial charge in [-0.2, -0.15) is 0 Å². The van der Waals surface area contributed by atoms with E-state index < -0.39 is 0 Å². The van der Waals surface area contributed by atoms with Gasteiger partial charge in [0.15, 0.2) is 0 Å². The molecular formula is C20H25NO. The van der Waals surface area contributed by atoms with E-state index in [4.69, 9.17) is 4.99 Å². The van der Waals surface area contributed by atoms with E-state index in [9.17, 15) is 5.11 Å². The van der Waals surface area contributed by atoms with E-state index in [0.29, 0.717) is 5.75 Å². The lowest BCUT2D eigenvalue weighted by atomic mass is 9.76. The van der Waals surface area contributed by atoms with Crippen LogP contribution in [0, 0.1) is 34.6 Å². The number of rotatable bonds is 0. The summed E-state index contributed by atoms with van der Waals surface area (Å²) < 4.78 is 0. The normalized spacial score (nSPS) is 16.1. The fourth-order valence-electron chi connectivity index (χ4n) is 4.19. The second-order valence-corrected chi connectivity index (χ2v) is 7.23. The topological polar surface area (TPSA) is 32.6 Å². The molecule has 3 rings (SSSR count). The van der Waals surface area contributed by atoms with Gasteiger partial charge in [0.1, 0.15) is 5.75 Å². The molecule has 0 fully saturated rings. The molecule has 0 saturated heterocycles. The van der Waals surface area contributed by atoms with Gasteiger partial charge in [0, 0.05) is 22.0 Å². The highest BCUT2D eigenvalue weighted by molar-refractivity contribution is 6.17. The molecule has 2 nitrogen and oxygen atoms in total. The van der Waals surface area contributed by atoms with Crippen molar-refractivity contribution in [1.29, 1.82) is 0 Å². The van der Waals surface area contributed by atoms with Crippen molar-refractivity contribution in [2.24, 2.45) is 4.99 Å². The first-order valence-electron chi connectivity index (χ1n) is 7.92. The van der Waals surface area contributed by atoms with Crippen LogP contribution in [0.15, 0.2) is 4.99 Å². The first-order valence-corrected chi connectivity index (χ1v) is 7.92. The summed E-state index contributed by atoms with van der Waals surface area (Å²) in [4.78, 5) is 4.98. The quantitative estimate of drug-likeness (QED) is 0.716. The molecule has 0 unspecified atom stereocenters. The second kappa shape index (κ2) is 4.34. The first-order chi connectivity index (χ1) is 10.1. The summed E-state index contributed by atoms with van der Waals surface area (Å²) >= 11 is 0. The zero-order chi connectivity index (χ0) is 16.6. The number of nitrogens with zero attached hydrogens (tertiary/aromatic N) is 1. The maximum atomic E-state index is 10.8. The summed E-state index contributed by atoms with van der Waals surface area (Å²) in [6.45, 7) is 17.0. The molecule has 0 spiro atoms. The molecule has 116 valence electrons. The minimum Gasteiger partial charge on any atom is -0.507 e. The molecule has 0 bridgehead atoms. The SMILES string of the molecule is CC1=NC(C)(C)c2c(C)c(C)c(C)c3c(O)c(C)c(C)c1c23. The van der Waals surface area contributed by atoms with Crippen LogP contribution in [-0.2, 0) is 5.54 Å². The maximum absolute atomic E-state index is 10.8. The molecule has 0 saturated carbocycles. The van der Waals surface area contributed by atoms with Crippen LogP contribution in [0.1, 0.15) is 59.7 Å². The number of phenolic OH excluding ortho intramolecular Hbond substituents is 1. The zero-order valence-corrected chi connectivity index (χ0v) is 14.9. The molecule has 2 aromatic rings. The maximum Gasteiger partial charge on any atom is 0.126 e. The molecule has 1 heterocycles. The van der Waals surface area contributed by atoms with Crippen LogP contribution in [0.25, 0.3) is 10.8 Å². The Balaban J connectivity index is 2.76. The Hall–Kier alpha value is -1.83. The number of benzene rings is 2. The highest BCUT2D eigenvalue weighted by Crippen LogP contribution is 2.47. The summed E-state index contributed by atoms with van der Waals surface area (Å²) in [6, 6.07) is 0. The van der Waals surface area contributed by atoms with E-state index >= 15 is 0 Å². The molecule has 0 aliphatic carbocycles. The molecular weight excluding hydrogens is 270 g/mol. The molecule has 1 aliphatic heterocycles. The standard InChI is InChI=1S/C20H25NO/c1-9-10(2)16-17-15(11(3)13(5)19(16)22)14(6)21-20(7,8)18(17)12(9)4/h22H,1-8H3. The van der Waals surface area contributed by atoms with E-state index in [1.54, 1.807) is 0 Å². The third-order valence-electron chi connectivity index (χ3n) is 5.58. The molecule has 1 N–H and O–H groups in total. The molecule has 0 amide bonds. The van der Waals surface area contributed by atoms with Crippen molar-refractivity contribution >= 4 is 16.5 Å². The fraction of sp³-hybridized carbons (Fsp3) is 0.450. The van der Waals surface area contributed by atoms with Gasteiger partial charge >= 0.3 is 0 Å². The van der Waals surface area contributed by atoms with E-state index in [2.05, 4.69) is 48.5 Å². The lowest BCUT2D eigenvalue weighted by Crippen LogP contribution is -2.25. The van der Waals surface area contributed by atoms with Crippen LogP contribution in [0.5, 0.6) is 5.75 Å². The van der Waals surface area contributed by atoms with Gasteiger partial charge in [-0.3, -0.25) is 4.99 Å². The van der Waals surface area contributed by atoms with Crippen LogP contribution in [0.2, 0.25) is 0 Å². The van der Waals surface area contributed by atoms with Gasteiger partial charge in [-0.1, -0.05) is 0 Å². The van der Waals surface area contributed by atoms with Crippen molar-refractivity contribution in [2.75, 3.05) is 0 Å². The second-order valence-electron chi connectivity index (χ2n) is 7.23.